The molecule has 0 atom stereocenters. The SMILES string of the molecule is CCOCCOc1nc(-c2ccc(OC)cc2)n(-c2ccc(NC(=O)CC)cc2)n1. The summed E-state index contributed by atoms with van der Waals surface area (Å²) in [6, 6.07) is 15.2. The number of methoxy groups -OCH3 is 1. The molecule has 30 heavy (non-hydrogen) atoms. The zero-order chi connectivity index (χ0) is 21.3. The van der Waals surface area contributed by atoms with E-state index in [-0.39, 0.29) is 11.9 Å². The van der Waals surface area contributed by atoms with Gasteiger partial charge in [0.05, 0.1) is 19.4 Å². The summed E-state index contributed by atoms with van der Waals surface area (Å²) in [6.45, 7) is 5.20. The first-order valence-corrected chi connectivity index (χ1v) is 9.87. The average Bonchev–Trinajstić information content (AvgIpc) is 3.21. The van der Waals surface area contributed by atoms with Crippen molar-refractivity contribution in [2.45, 2.75) is 20.3 Å². The number of amides is 1. The molecular formula is C22H26N4O4. The second-order valence-corrected chi connectivity index (χ2v) is 6.35. The highest BCUT2D eigenvalue weighted by Gasteiger charge is 2.15. The largest absolute Gasteiger partial charge is 0.497 e. The molecule has 0 unspecified atom stereocenters. The van der Waals surface area contributed by atoms with Crippen molar-refractivity contribution in [3.63, 3.8) is 0 Å². The van der Waals surface area contributed by atoms with E-state index in [1.807, 2.05) is 62.4 Å². The molecule has 0 spiro atoms. The van der Waals surface area contributed by atoms with E-state index < -0.39 is 0 Å². The van der Waals surface area contributed by atoms with Crippen molar-refractivity contribution in [3.8, 4) is 28.8 Å². The molecule has 8 nitrogen and oxygen atoms in total. The van der Waals surface area contributed by atoms with Gasteiger partial charge < -0.3 is 19.5 Å². The number of hydrogen-bond acceptors (Lipinski definition) is 6. The number of rotatable bonds is 10. The first-order chi connectivity index (χ1) is 14.6. The minimum absolute atomic E-state index is 0.0348. The summed E-state index contributed by atoms with van der Waals surface area (Å²) in [7, 11) is 1.63. The quantitative estimate of drug-likeness (QED) is 0.513. The van der Waals surface area contributed by atoms with Crippen LogP contribution in [0.2, 0.25) is 0 Å². The van der Waals surface area contributed by atoms with Gasteiger partial charge in [-0.3, -0.25) is 4.79 Å². The molecule has 3 aromatic rings. The Hall–Kier alpha value is -3.39. The maximum atomic E-state index is 11.6. The van der Waals surface area contributed by atoms with Crippen molar-refractivity contribution in [1.82, 2.24) is 14.8 Å². The van der Waals surface area contributed by atoms with Gasteiger partial charge in [0.25, 0.3) is 0 Å². The van der Waals surface area contributed by atoms with Crippen LogP contribution in [0, 0.1) is 0 Å². The van der Waals surface area contributed by atoms with Crippen LogP contribution in [-0.2, 0) is 9.53 Å². The van der Waals surface area contributed by atoms with Gasteiger partial charge in [-0.05, 0) is 55.5 Å². The summed E-state index contributed by atoms with van der Waals surface area (Å²) in [5.74, 6) is 1.36. The van der Waals surface area contributed by atoms with Gasteiger partial charge in [-0.15, -0.1) is 5.10 Å². The highest BCUT2D eigenvalue weighted by Crippen LogP contribution is 2.26. The lowest BCUT2D eigenvalue weighted by Gasteiger charge is -2.08. The Bertz CT molecular complexity index is 952. The van der Waals surface area contributed by atoms with E-state index in [4.69, 9.17) is 14.2 Å². The first kappa shape index (κ1) is 21.3. The lowest BCUT2D eigenvalue weighted by atomic mass is 10.2. The normalized spacial score (nSPS) is 10.6. The van der Waals surface area contributed by atoms with Gasteiger partial charge in [0.15, 0.2) is 5.82 Å². The molecule has 0 fully saturated rings. The maximum Gasteiger partial charge on any atom is 0.336 e. The van der Waals surface area contributed by atoms with Crippen molar-refractivity contribution in [1.29, 1.82) is 0 Å². The highest BCUT2D eigenvalue weighted by molar-refractivity contribution is 5.90. The Morgan fingerprint density at radius 2 is 1.77 bits per heavy atom. The van der Waals surface area contributed by atoms with E-state index in [9.17, 15) is 4.79 Å². The van der Waals surface area contributed by atoms with Crippen LogP contribution >= 0.6 is 0 Å². The molecule has 158 valence electrons. The average molecular weight is 410 g/mol. The van der Waals surface area contributed by atoms with E-state index in [1.54, 1.807) is 11.8 Å². The number of anilines is 1. The molecular weight excluding hydrogens is 384 g/mol. The smallest absolute Gasteiger partial charge is 0.336 e. The van der Waals surface area contributed by atoms with E-state index in [0.717, 1.165) is 22.7 Å². The van der Waals surface area contributed by atoms with Gasteiger partial charge in [0.1, 0.15) is 12.4 Å². The summed E-state index contributed by atoms with van der Waals surface area (Å²) in [5, 5.41) is 7.35. The molecule has 1 amide bonds. The minimum atomic E-state index is -0.0348. The molecule has 0 aliphatic heterocycles. The number of nitrogens with one attached hydrogen (secondary N) is 1. The fourth-order valence-electron chi connectivity index (χ4n) is 2.73. The summed E-state index contributed by atoms with van der Waals surface area (Å²) in [5.41, 5.74) is 2.39. The molecule has 0 bridgehead atoms. The molecule has 0 aliphatic rings. The van der Waals surface area contributed by atoms with Crippen molar-refractivity contribution >= 4 is 11.6 Å². The number of carbonyl (C=O) groups excluding carboxylic acids is 1. The van der Waals surface area contributed by atoms with Gasteiger partial charge in [-0.25, -0.2) is 4.68 Å². The second kappa shape index (κ2) is 10.4. The van der Waals surface area contributed by atoms with Crippen LogP contribution in [0.3, 0.4) is 0 Å². The molecule has 3 rings (SSSR count). The van der Waals surface area contributed by atoms with E-state index >= 15 is 0 Å². The molecule has 1 aromatic heterocycles. The molecule has 0 aliphatic carbocycles. The van der Waals surface area contributed by atoms with Gasteiger partial charge in [-0.2, -0.15) is 4.98 Å². The Morgan fingerprint density at radius 1 is 1.03 bits per heavy atom. The Balaban J connectivity index is 1.90. The molecule has 1 heterocycles. The number of ether oxygens (including phenoxy) is 3. The Morgan fingerprint density at radius 3 is 2.40 bits per heavy atom. The predicted molar refractivity (Wildman–Crippen MR) is 114 cm³/mol. The van der Waals surface area contributed by atoms with Gasteiger partial charge in [0.2, 0.25) is 5.91 Å². The molecule has 0 radical (unpaired) electrons. The minimum Gasteiger partial charge on any atom is -0.497 e. The zero-order valence-electron chi connectivity index (χ0n) is 17.4. The van der Waals surface area contributed by atoms with Crippen LogP contribution in [0.1, 0.15) is 20.3 Å². The number of aromatic nitrogens is 3. The fourth-order valence-corrected chi connectivity index (χ4v) is 2.73. The van der Waals surface area contributed by atoms with Crippen LogP contribution < -0.4 is 14.8 Å². The lowest BCUT2D eigenvalue weighted by Crippen LogP contribution is -2.09. The van der Waals surface area contributed by atoms with Crippen molar-refractivity contribution in [2.75, 3.05) is 32.2 Å². The van der Waals surface area contributed by atoms with Crippen molar-refractivity contribution < 1.29 is 19.0 Å². The van der Waals surface area contributed by atoms with Crippen molar-refractivity contribution in [3.05, 3.63) is 48.5 Å². The molecule has 1 N–H and O–H groups in total. The van der Waals surface area contributed by atoms with Crippen LogP contribution in [-0.4, -0.2) is 47.6 Å². The maximum absolute atomic E-state index is 11.6. The molecule has 8 heteroatoms. The number of hydrogen-bond donors (Lipinski definition) is 1. The Kier molecular flexibility index (Phi) is 7.40. The van der Waals surface area contributed by atoms with Gasteiger partial charge in [0, 0.05) is 24.3 Å². The third kappa shape index (κ3) is 5.36. The topological polar surface area (TPSA) is 87.5 Å². The number of carbonyl (C=O) groups is 1. The summed E-state index contributed by atoms with van der Waals surface area (Å²) >= 11 is 0. The third-order valence-electron chi connectivity index (χ3n) is 4.32. The van der Waals surface area contributed by atoms with Gasteiger partial charge in [-0.1, -0.05) is 6.92 Å². The van der Waals surface area contributed by atoms with Crippen molar-refractivity contribution in [2.24, 2.45) is 0 Å². The second-order valence-electron chi connectivity index (χ2n) is 6.35. The summed E-state index contributed by atoms with van der Waals surface area (Å²) in [4.78, 5) is 16.2. The summed E-state index contributed by atoms with van der Waals surface area (Å²) < 4.78 is 17.9. The fraction of sp³-hybridized carbons (Fsp3) is 0.318. The monoisotopic (exact) mass is 410 g/mol. The highest BCUT2D eigenvalue weighted by atomic mass is 16.5. The van der Waals surface area contributed by atoms with E-state index in [1.165, 1.54) is 0 Å². The van der Waals surface area contributed by atoms with E-state index in [2.05, 4.69) is 15.4 Å². The molecule has 0 saturated heterocycles. The predicted octanol–water partition coefficient (Wildman–Crippen LogP) is 3.71. The van der Waals surface area contributed by atoms with Crippen LogP contribution in [0.25, 0.3) is 17.1 Å². The number of benzene rings is 2. The van der Waals surface area contributed by atoms with Crippen LogP contribution in [0.5, 0.6) is 11.8 Å². The summed E-state index contributed by atoms with van der Waals surface area (Å²) in [6.07, 6.45) is 0.425. The lowest BCUT2D eigenvalue weighted by molar-refractivity contribution is -0.115. The third-order valence-corrected chi connectivity index (χ3v) is 4.32. The molecule has 0 saturated carbocycles. The standard InChI is InChI=1S/C22H26N4O4/c1-4-20(27)23-17-8-10-18(11-9-17)26-21(16-6-12-19(28-3)13-7-16)24-22(25-26)30-15-14-29-5-2/h6-13H,4-5,14-15H2,1-3H3,(H,23,27). The van der Waals surface area contributed by atoms with Gasteiger partial charge >= 0.3 is 6.01 Å². The zero-order valence-corrected chi connectivity index (χ0v) is 17.4. The van der Waals surface area contributed by atoms with E-state index in [0.29, 0.717) is 32.1 Å². The first-order valence-electron chi connectivity index (χ1n) is 9.87. The Labute approximate surface area is 175 Å². The van der Waals surface area contributed by atoms with Crippen LogP contribution in [0.4, 0.5) is 5.69 Å². The molecule has 2 aromatic carbocycles. The number of nitrogens with zero attached hydrogens (tertiary/aromatic N) is 3. The van der Waals surface area contributed by atoms with Crippen LogP contribution in [0.15, 0.2) is 48.5 Å².